The zero-order valence-corrected chi connectivity index (χ0v) is 11.6. The summed E-state index contributed by atoms with van der Waals surface area (Å²) in [7, 11) is 0. The van der Waals surface area contributed by atoms with Crippen molar-refractivity contribution in [3.8, 4) is 0 Å². The van der Waals surface area contributed by atoms with Gasteiger partial charge in [-0.3, -0.25) is 10.8 Å². The van der Waals surface area contributed by atoms with Gasteiger partial charge in [0.1, 0.15) is 0 Å². The third kappa shape index (κ3) is 2.24. The van der Waals surface area contributed by atoms with Crippen molar-refractivity contribution in [1.82, 2.24) is 10.4 Å². The van der Waals surface area contributed by atoms with Crippen LogP contribution in [-0.4, -0.2) is 4.98 Å². The Hall–Kier alpha value is -1.46. The average molecular weight is 290 g/mol. The molecule has 3 nitrogen and oxygen atoms in total. The molecule has 3 rings (SSSR count). The fourth-order valence-corrected chi connectivity index (χ4v) is 3.38. The Labute approximate surface area is 120 Å². The summed E-state index contributed by atoms with van der Waals surface area (Å²) < 4.78 is 1.22. The first-order chi connectivity index (χ1) is 9.31. The number of hydrogen-bond donors (Lipinski definition) is 2. The molecule has 96 valence electrons. The molecule has 0 radical (unpaired) electrons. The highest BCUT2D eigenvalue weighted by atomic mass is 35.5. The van der Waals surface area contributed by atoms with Crippen molar-refractivity contribution in [2.45, 2.75) is 6.04 Å². The molecule has 1 atom stereocenters. The Morgan fingerprint density at radius 1 is 1.21 bits per heavy atom. The predicted octanol–water partition coefficient (Wildman–Crippen LogP) is 3.50. The molecular weight excluding hydrogens is 278 g/mol. The maximum absolute atomic E-state index is 6.22. The van der Waals surface area contributed by atoms with E-state index >= 15 is 0 Å². The van der Waals surface area contributed by atoms with Crippen LogP contribution in [0.15, 0.2) is 48.1 Å². The van der Waals surface area contributed by atoms with Gasteiger partial charge in [0, 0.05) is 17.1 Å². The summed E-state index contributed by atoms with van der Waals surface area (Å²) in [6.07, 6.45) is 3.36. The van der Waals surface area contributed by atoms with Gasteiger partial charge in [0.15, 0.2) is 0 Å². The van der Waals surface area contributed by atoms with Gasteiger partial charge in [-0.2, -0.15) is 0 Å². The van der Waals surface area contributed by atoms with Gasteiger partial charge in [-0.25, -0.2) is 5.43 Å². The second-order valence-electron chi connectivity index (χ2n) is 4.18. The van der Waals surface area contributed by atoms with E-state index in [1.54, 1.807) is 23.7 Å². The monoisotopic (exact) mass is 289 g/mol. The van der Waals surface area contributed by atoms with Crippen LogP contribution in [0.3, 0.4) is 0 Å². The first kappa shape index (κ1) is 12.6. The second kappa shape index (κ2) is 5.27. The first-order valence-electron chi connectivity index (χ1n) is 5.83. The lowest BCUT2D eigenvalue weighted by atomic mass is 9.99. The lowest BCUT2D eigenvalue weighted by Gasteiger charge is -2.18. The summed E-state index contributed by atoms with van der Waals surface area (Å²) >= 11 is 7.92. The number of pyridine rings is 1. The molecule has 0 amide bonds. The van der Waals surface area contributed by atoms with Crippen molar-refractivity contribution in [2.75, 3.05) is 0 Å². The maximum Gasteiger partial charge on any atom is 0.0739 e. The topological polar surface area (TPSA) is 50.9 Å². The van der Waals surface area contributed by atoms with Crippen molar-refractivity contribution in [2.24, 2.45) is 5.84 Å². The summed E-state index contributed by atoms with van der Waals surface area (Å²) in [6, 6.07) is 10.0. The van der Waals surface area contributed by atoms with Gasteiger partial charge >= 0.3 is 0 Å². The number of hydrogen-bond acceptors (Lipinski definition) is 4. The van der Waals surface area contributed by atoms with Crippen molar-refractivity contribution in [3.05, 3.63) is 64.3 Å². The SMILES string of the molecule is NNC(c1ccncc1Cl)c1cccc2ccsc12. The minimum absolute atomic E-state index is 0.141. The molecule has 2 aromatic heterocycles. The summed E-state index contributed by atoms with van der Waals surface area (Å²) in [6.45, 7) is 0. The third-order valence-corrected chi connectivity index (χ3v) is 4.40. The summed E-state index contributed by atoms with van der Waals surface area (Å²) in [4.78, 5) is 4.01. The highest BCUT2D eigenvalue weighted by Crippen LogP contribution is 2.34. The van der Waals surface area contributed by atoms with E-state index in [9.17, 15) is 0 Å². The predicted molar refractivity (Wildman–Crippen MR) is 80.2 cm³/mol. The minimum Gasteiger partial charge on any atom is -0.271 e. The lowest BCUT2D eigenvalue weighted by molar-refractivity contribution is 0.641. The average Bonchev–Trinajstić information content (AvgIpc) is 2.91. The van der Waals surface area contributed by atoms with E-state index in [2.05, 4.69) is 34.0 Å². The van der Waals surface area contributed by atoms with Crippen molar-refractivity contribution in [1.29, 1.82) is 0 Å². The zero-order chi connectivity index (χ0) is 13.2. The van der Waals surface area contributed by atoms with Gasteiger partial charge in [-0.1, -0.05) is 29.8 Å². The molecule has 0 spiro atoms. The summed E-state index contributed by atoms with van der Waals surface area (Å²) in [5.74, 6) is 5.74. The number of benzene rings is 1. The summed E-state index contributed by atoms with van der Waals surface area (Å²) in [5.41, 5.74) is 4.91. The molecule has 0 aliphatic rings. The number of nitrogens with two attached hydrogens (primary N) is 1. The van der Waals surface area contributed by atoms with E-state index in [4.69, 9.17) is 17.4 Å². The number of rotatable bonds is 3. The van der Waals surface area contributed by atoms with Crippen molar-refractivity contribution >= 4 is 33.0 Å². The molecule has 0 saturated carbocycles. The van der Waals surface area contributed by atoms with E-state index in [0.717, 1.165) is 11.1 Å². The number of halogens is 1. The molecule has 0 fully saturated rings. The Morgan fingerprint density at radius 2 is 2.11 bits per heavy atom. The van der Waals surface area contributed by atoms with Crippen LogP contribution < -0.4 is 11.3 Å². The molecule has 3 aromatic rings. The number of thiophene rings is 1. The van der Waals surface area contributed by atoms with E-state index in [1.165, 1.54) is 10.1 Å². The summed E-state index contributed by atoms with van der Waals surface area (Å²) in [5, 5.41) is 3.91. The standard InChI is InChI=1S/C14H12ClN3S/c15-12-8-17-6-4-10(12)13(18-16)11-3-1-2-9-5-7-19-14(9)11/h1-8,13,18H,16H2. The van der Waals surface area contributed by atoms with Crippen LogP contribution in [0.1, 0.15) is 17.2 Å². The highest BCUT2D eigenvalue weighted by Gasteiger charge is 2.18. The van der Waals surface area contributed by atoms with E-state index < -0.39 is 0 Å². The van der Waals surface area contributed by atoms with Crippen LogP contribution in [0, 0.1) is 0 Å². The van der Waals surface area contributed by atoms with Crippen LogP contribution in [0.5, 0.6) is 0 Å². The molecule has 5 heteroatoms. The molecule has 0 aliphatic carbocycles. The number of hydrazine groups is 1. The minimum atomic E-state index is -0.141. The van der Waals surface area contributed by atoms with Gasteiger partial charge < -0.3 is 0 Å². The molecule has 2 heterocycles. The van der Waals surface area contributed by atoms with Gasteiger partial charge in [0.05, 0.1) is 11.1 Å². The fourth-order valence-electron chi connectivity index (χ4n) is 2.21. The Bertz CT molecular complexity index is 710. The highest BCUT2D eigenvalue weighted by molar-refractivity contribution is 7.17. The van der Waals surface area contributed by atoms with Gasteiger partial charge in [0.25, 0.3) is 0 Å². The third-order valence-electron chi connectivity index (χ3n) is 3.10. The number of aromatic nitrogens is 1. The maximum atomic E-state index is 6.22. The molecule has 0 saturated heterocycles. The smallest absolute Gasteiger partial charge is 0.0739 e. The molecule has 1 unspecified atom stereocenters. The van der Waals surface area contributed by atoms with Crippen LogP contribution in [0.25, 0.3) is 10.1 Å². The molecular formula is C14H12ClN3S. The van der Waals surface area contributed by atoms with Gasteiger partial charge in [-0.15, -0.1) is 11.3 Å². The molecule has 1 aromatic carbocycles. The second-order valence-corrected chi connectivity index (χ2v) is 5.51. The number of nitrogens with one attached hydrogen (secondary N) is 1. The Kier molecular flexibility index (Phi) is 3.48. The van der Waals surface area contributed by atoms with Gasteiger partial charge in [-0.05, 0) is 34.0 Å². The van der Waals surface area contributed by atoms with Gasteiger partial charge in [0.2, 0.25) is 0 Å². The van der Waals surface area contributed by atoms with Crippen molar-refractivity contribution in [3.63, 3.8) is 0 Å². The number of fused-ring (bicyclic) bond motifs is 1. The fraction of sp³-hybridized carbons (Fsp3) is 0.0714. The van der Waals surface area contributed by atoms with Crippen LogP contribution in [0.2, 0.25) is 5.02 Å². The largest absolute Gasteiger partial charge is 0.271 e. The lowest BCUT2D eigenvalue weighted by Crippen LogP contribution is -2.29. The van der Waals surface area contributed by atoms with E-state index in [0.29, 0.717) is 5.02 Å². The van der Waals surface area contributed by atoms with Crippen LogP contribution >= 0.6 is 22.9 Å². The van der Waals surface area contributed by atoms with E-state index in [1.807, 2.05) is 12.1 Å². The Morgan fingerprint density at radius 3 is 2.89 bits per heavy atom. The van der Waals surface area contributed by atoms with Crippen LogP contribution in [0.4, 0.5) is 0 Å². The molecule has 0 bridgehead atoms. The zero-order valence-electron chi connectivity index (χ0n) is 10.0. The molecule has 19 heavy (non-hydrogen) atoms. The number of nitrogens with zero attached hydrogens (tertiary/aromatic N) is 1. The van der Waals surface area contributed by atoms with Crippen LogP contribution in [-0.2, 0) is 0 Å². The normalized spacial score (nSPS) is 12.7. The van der Waals surface area contributed by atoms with Crippen molar-refractivity contribution < 1.29 is 0 Å². The molecule has 3 N–H and O–H groups in total. The first-order valence-corrected chi connectivity index (χ1v) is 7.08. The quantitative estimate of drug-likeness (QED) is 0.573. The Balaban J connectivity index is 2.18. The molecule has 0 aliphatic heterocycles. The van der Waals surface area contributed by atoms with E-state index in [-0.39, 0.29) is 6.04 Å².